The monoisotopic (exact) mass is 395 g/mol. The number of ether oxygens (including phenoxy) is 2. The van der Waals surface area contributed by atoms with Crippen molar-refractivity contribution in [3.8, 4) is 5.75 Å². The van der Waals surface area contributed by atoms with E-state index in [-0.39, 0.29) is 20.7 Å². The van der Waals surface area contributed by atoms with Gasteiger partial charge in [-0.1, -0.05) is 0 Å². The third-order valence-corrected chi connectivity index (χ3v) is 3.08. The highest BCUT2D eigenvalue weighted by molar-refractivity contribution is 14.1. The van der Waals surface area contributed by atoms with Crippen molar-refractivity contribution in [2.45, 2.75) is 12.2 Å². The molecule has 0 radical (unpaired) electrons. The summed E-state index contributed by atoms with van der Waals surface area (Å²) < 4.78 is 44.9. The van der Waals surface area contributed by atoms with Gasteiger partial charge in [0.05, 0.1) is 16.6 Å². The first-order valence-electron chi connectivity index (χ1n) is 4.37. The quantitative estimate of drug-likeness (QED) is 0.448. The number of carbonyl (C=O) groups excluding carboxylic acids is 1. The first-order chi connectivity index (χ1) is 8.30. The maximum absolute atomic E-state index is 12.2. The summed E-state index contributed by atoms with van der Waals surface area (Å²) in [6.45, 7) is 0. The van der Waals surface area contributed by atoms with Crippen molar-refractivity contribution in [2.24, 2.45) is 0 Å². The largest absolute Gasteiger partial charge is 0.573 e. The normalized spacial score (nSPS) is 11.2. The lowest BCUT2D eigenvalue weighted by Crippen LogP contribution is -2.20. The zero-order chi connectivity index (χ0) is 13.9. The second kappa shape index (κ2) is 5.91. The van der Waals surface area contributed by atoms with Crippen LogP contribution in [0.25, 0.3) is 0 Å². The van der Waals surface area contributed by atoms with Gasteiger partial charge in [-0.25, -0.2) is 9.78 Å². The molecule has 0 N–H and O–H groups in total. The first kappa shape index (κ1) is 15.3. The van der Waals surface area contributed by atoms with Gasteiger partial charge in [-0.2, -0.15) is 0 Å². The summed E-state index contributed by atoms with van der Waals surface area (Å²) in [7, 11) is 1.10. The van der Waals surface area contributed by atoms with Gasteiger partial charge in [-0.05, 0) is 22.6 Å². The maximum atomic E-state index is 12.2. The van der Waals surface area contributed by atoms with Crippen LogP contribution in [0.5, 0.6) is 5.75 Å². The van der Waals surface area contributed by atoms with Gasteiger partial charge >= 0.3 is 12.3 Å². The minimum Gasteiger partial charge on any atom is -0.464 e. The molecule has 0 aromatic carbocycles. The van der Waals surface area contributed by atoms with Crippen LogP contribution in [0.4, 0.5) is 13.2 Å². The molecule has 100 valence electrons. The van der Waals surface area contributed by atoms with Crippen LogP contribution in [-0.2, 0) is 10.6 Å². The Bertz CT molecular complexity index is 467. The van der Waals surface area contributed by atoms with E-state index in [4.69, 9.17) is 11.6 Å². The maximum Gasteiger partial charge on any atom is 0.573 e. The third-order valence-electron chi connectivity index (χ3n) is 1.79. The van der Waals surface area contributed by atoms with Gasteiger partial charge in [0, 0.05) is 11.8 Å². The highest BCUT2D eigenvalue weighted by atomic mass is 127. The van der Waals surface area contributed by atoms with Crippen molar-refractivity contribution >= 4 is 40.2 Å². The molecular weight excluding hydrogens is 389 g/mol. The highest BCUT2D eigenvalue weighted by Crippen LogP contribution is 2.33. The molecule has 1 aromatic rings. The van der Waals surface area contributed by atoms with Crippen LogP contribution < -0.4 is 4.74 Å². The van der Waals surface area contributed by atoms with Gasteiger partial charge in [0.2, 0.25) is 0 Å². The average Bonchev–Trinajstić information content (AvgIpc) is 2.29. The SMILES string of the molecule is COC(=O)c1ncc(CCl)c(OC(F)(F)F)c1I. The molecule has 0 fully saturated rings. The molecule has 0 aliphatic heterocycles. The van der Waals surface area contributed by atoms with Crippen molar-refractivity contribution in [3.63, 3.8) is 0 Å². The number of hydrogen-bond acceptors (Lipinski definition) is 4. The average molecular weight is 396 g/mol. The van der Waals surface area contributed by atoms with Gasteiger partial charge in [0.15, 0.2) is 11.4 Å². The predicted molar refractivity (Wildman–Crippen MR) is 64.5 cm³/mol. The second-order valence-electron chi connectivity index (χ2n) is 2.95. The zero-order valence-electron chi connectivity index (χ0n) is 8.85. The molecule has 1 aromatic heterocycles. The van der Waals surface area contributed by atoms with E-state index in [0.29, 0.717) is 0 Å². The lowest BCUT2D eigenvalue weighted by atomic mass is 10.2. The Balaban J connectivity index is 3.31. The predicted octanol–water partition coefficient (Wildman–Crippen LogP) is 3.11. The third kappa shape index (κ3) is 3.61. The number of esters is 1. The zero-order valence-corrected chi connectivity index (χ0v) is 11.8. The van der Waals surface area contributed by atoms with Gasteiger partial charge in [-0.15, -0.1) is 24.8 Å². The number of halogens is 5. The summed E-state index contributed by atoms with van der Waals surface area (Å²) in [5, 5.41) is 0. The van der Waals surface area contributed by atoms with Gasteiger partial charge in [-0.3, -0.25) is 0 Å². The van der Waals surface area contributed by atoms with E-state index in [1.807, 2.05) is 0 Å². The number of nitrogens with zero attached hydrogens (tertiary/aromatic N) is 1. The summed E-state index contributed by atoms with van der Waals surface area (Å²) in [5.74, 6) is -1.61. The smallest absolute Gasteiger partial charge is 0.464 e. The molecule has 0 atom stereocenters. The van der Waals surface area contributed by atoms with Crippen LogP contribution in [-0.4, -0.2) is 24.4 Å². The topological polar surface area (TPSA) is 48.4 Å². The lowest BCUT2D eigenvalue weighted by Gasteiger charge is -2.14. The van der Waals surface area contributed by atoms with E-state index in [0.717, 1.165) is 13.3 Å². The Morgan fingerprint density at radius 3 is 2.61 bits per heavy atom. The lowest BCUT2D eigenvalue weighted by molar-refractivity contribution is -0.275. The molecule has 1 rings (SSSR count). The summed E-state index contributed by atoms with van der Waals surface area (Å²) in [4.78, 5) is 15.0. The minimum absolute atomic E-state index is 0.0334. The molecule has 0 aliphatic rings. The van der Waals surface area contributed by atoms with Crippen LogP contribution in [0.3, 0.4) is 0 Å². The van der Waals surface area contributed by atoms with Crippen LogP contribution in [0, 0.1) is 3.57 Å². The summed E-state index contributed by atoms with van der Waals surface area (Å²) in [6.07, 6.45) is -3.84. The van der Waals surface area contributed by atoms with Crippen LogP contribution >= 0.6 is 34.2 Å². The Kier molecular flexibility index (Phi) is 5.02. The fraction of sp³-hybridized carbons (Fsp3) is 0.333. The van der Waals surface area contributed by atoms with Crippen LogP contribution in [0.2, 0.25) is 0 Å². The van der Waals surface area contributed by atoms with E-state index in [1.165, 1.54) is 22.6 Å². The molecule has 0 saturated carbocycles. The van der Waals surface area contributed by atoms with E-state index >= 15 is 0 Å². The molecule has 4 nitrogen and oxygen atoms in total. The Morgan fingerprint density at radius 2 is 2.17 bits per heavy atom. The summed E-state index contributed by atoms with van der Waals surface area (Å²) >= 11 is 7.01. The number of rotatable bonds is 3. The van der Waals surface area contributed by atoms with E-state index in [2.05, 4.69) is 14.5 Å². The molecule has 9 heteroatoms. The Morgan fingerprint density at radius 1 is 1.56 bits per heavy atom. The van der Waals surface area contributed by atoms with Crippen LogP contribution in [0.1, 0.15) is 16.1 Å². The van der Waals surface area contributed by atoms with Gasteiger partial charge in [0.25, 0.3) is 0 Å². The molecule has 0 saturated heterocycles. The molecule has 1 heterocycles. The van der Waals surface area contributed by atoms with Crippen molar-refractivity contribution in [1.29, 1.82) is 0 Å². The molecule has 0 spiro atoms. The standard InChI is InChI=1S/C9H6ClF3INO3/c1-17-8(16)6-5(14)7(18-9(11,12)13)4(2-10)3-15-6/h3H,2H2,1H3. The number of aromatic nitrogens is 1. The number of alkyl halides is 4. The molecule has 0 aliphatic carbocycles. The molecule has 0 bridgehead atoms. The second-order valence-corrected chi connectivity index (χ2v) is 4.29. The first-order valence-corrected chi connectivity index (χ1v) is 5.99. The van der Waals surface area contributed by atoms with Crippen molar-refractivity contribution in [1.82, 2.24) is 4.98 Å². The van der Waals surface area contributed by atoms with E-state index in [1.54, 1.807) is 0 Å². The van der Waals surface area contributed by atoms with E-state index < -0.39 is 18.1 Å². The van der Waals surface area contributed by atoms with Crippen molar-refractivity contribution in [3.05, 3.63) is 21.0 Å². The number of methoxy groups -OCH3 is 1. The number of carbonyl (C=O) groups is 1. The van der Waals surface area contributed by atoms with E-state index in [9.17, 15) is 18.0 Å². The fourth-order valence-electron chi connectivity index (χ4n) is 1.07. The highest BCUT2D eigenvalue weighted by Gasteiger charge is 2.34. The number of pyridine rings is 1. The summed E-state index contributed by atoms with van der Waals surface area (Å²) in [5.41, 5.74) is -0.225. The fourth-order valence-corrected chi connectivity index (χ4v) is 2.07. The molecule has 18 heavy (non-hydrogen) atoms. The summed E-state index contributed by atoms with van der Waals surface area (Å²) in [6, 6.07) is 0. The molecule has 0 unspecified atom stereocenters. The van der Waals surface area contributed by atoms with Crippen molar-refractivity contribution < 1.29 is 27.4 Å². The minimum atomic E-state index is -4.88. The van der Waals surface area contributed by atoms with Gasteiger partial charge < -0.3 is 9.47 Å². The van der Waals surface area contributed by atoms with Gasteiger partial charge in [0.1, 0.15) is 0 Å². The Labute approximate surface area is 119 Å². The number of hydrogen-bond donors (Lipinski definition) is 0. The Hall–Kier alpha value is -0.770. The van der Waals surface area contributed by atoms with Crippen LogP contribution in [0.15, 0.2) is 6.20 Å². The van der Waals surface area contributed by atoms with Crippen molar-refractivity contribution in [2.75, 3.05) is 7.11 Å². The molecule has 0 amide bonds. The molecular formula is C9H6ClF3INO3.